The molecule has 0 aromatic heterocycles. The minimum atomic E-state index is -0.735. The van der Waals surface area contributed by atoms with E-state index in [9.17, 15) is 9.59 Å². The van der Waals surface area contributed by atoms with Crippen molar-refractivity contribution in [3.8, 4) is 0 Å². The Morgan fingerprint density at radius 2 is 1.84 bits per heavy atom. The lowest BCUT2D eigenvalue weighted by molar-refractivity contribution is -0.157. The van der Waals surface area contributed by atoms with Crippen LogP contribution in [0.1, 0.15) is 54.4 Å². The Morgan fingerprint density at radius 3 is 2.21 bits per heavy atom. The van der Waals surface area contributed by atoms with E-state index in [2.05, 4.69) is 19.2 Å². The van der Waals surface area contributed by atoms with E-state index in [0.29, 0.717) is 6.42 Å². The molecule has 1 saturated heterocycles. The van der Waals surface area contributed by atoms with Gasteiger partial charge >= 0.3 is 0 Å². The average Bonchev–Trinajstić information content (AvgIpc) is 2.91. The summed E-state index contributed by atoms with van der Waals surface area (Å²) in [5.41, 5.74) is -0.587. The van der Waals surface area contributed by atoms with Gasteiger partial charge in [-0.25, -0.2) is 0 Å². The molecule has 1 aliphatic heterocycles. The van der Waals surface area contributed by atoms with Gasteiger partial charge in [-0.05, 0) is 31.1 Å². The van der Waals surface area contributed by atoms with Gasteiger partial charge in [-0.15, -0.1) is 0 Å². The van der Waals surface area contributed by atoms with Crippen LogP contribution in [0.2, 0.25) is 0 Å². The summed E-state index contributed by atoms with van der Waals surface area (Å²) in [6.07, 6.45) is 1.63. The Hall–Kier alpha value is -1.06. The highest BCUT2D eigenvalue weighted by Crippen LogP contribution is 2.51. The highest BCUT2D eigenvalue weighted by Gasteiger charge is 2.59. The topological polar surface area (TPSA) is 49.4 Å². The lowest BCUT2D eigenvalue weighted by Gasteiger charge is -2.46. The van der Waals surface area contributed by atoms with Gasteiger partial charge in [0.05, 0.1) is 0 Å². The molecule has 0 aromatic rings. The molecule has 2 rings (SSSR count). The van der Waals surface area contributed by atoms with Crippen LogP contribution in [-0.2, 0) is 9.59 Å². The Kier molecular flexibility index (Phi) is 3.19. The lowest BCUT2D eigenvalue weighted by Crippen LogP contribution is -2.70. The zero-order chi connectivity index (χ0) is 14.6. The van der Waals surface area contributed by atoms with E-state index in [-0.39, 0.29) is 35.2 Å². The maximum Gasteiger partial charge on any atom is 0.248 e. The van der Waals surface area contributed by atoms with Gasteiger partial charge in [0, 0.05) is 6.04 Å². The largest absolute Gasteiger partial charge is 0.340 e. The summed E-state index contributed by atoms with van der Waals surface area (Å²) < 4.78 is 0. The molecule has 1 aliphatic carbocycles. The van der Waals surface area contributed by atoms with Crippen LogP contribution in [0.25, 0.3) is 0 Å². The van der Waals surface area contributed by atoms with Crippen molar-refractivity contribution in [2.45, 2.75) is 72.0 Å². The van der Waals surface area contributed by atoms with Crippen LogP contribution in [0.3, 0.4) is 0 Å². The van der Waals surface area contributed by atoms with Gasteiger partial charge in [0.15, 0.2) is 0 Å². The number of hydrogen-bond donors (Lipinski definition) is 1. The van der Waals surface area contributed by atoms with Gasteiger partial charge in [0.1, 0.15) is 11.6 Å². The number of rotatable bonds is 3. The van der Waals surface area contributed by atoms with Gasteiger partial charge in [-0.1, -0.05) is 34.6 Å². The molecular formula is C15H26N2O2. The van der Waals surface area contributed by atoms with Crippen LogP contribution < -0.4 is 5.32 Å². The zero-order valence-electron chi connectivity index (χ0n) is 12.9. The number of nitrogens with one attached hydrogen (secondary N) is 1. The Bertz CT molecular complexity index is 416. The van der Waals surface area contributed by atoms with E-state index in [4.69, 9.17) is 0 Å². The molecule has 1 heterocycles. The summed E-state index contributed by atoms with van der Waals surface area (Å²) in [7, 11) is 0. The second kappa shape index (κ2) is 4.22. The molecule has 108 valence electrons. The van der Waals surface area contributed by atoms with Crippen LogP contribution >= 0.6 is 0 Å². The van der Waals surface area contributed by atoms with Crippen molar-refractivity contribution < 1.29 is 9.59 Å². The fraction of sp³-hybridized carbons (Fsp3) is 0.867. The average molecular weight is 266 g/mol. The molecule has 2 amide bonds. The summed E-state index contributed by atoms with van der Waals surface area (Å²) in [5, 5.41) is 2.93. The number of carbonyl (C=O) groups is 2. The molecule has 1 saturated carbocycles. The first-order chi connectivity index (χ1) is 8.64. The summed E-state index contributed by atoms with van der Waals surface area (Å²) >= 11 is 0. The number of hydrogen-bond acceptors (Lipinski definition) is 2. The maximum absolute atomic E-state index is 12.8. The molecule has 4 nitrogen and oxygen atoms in total. The number of nitrogens with zero attached hydrogens (tertiary/aromatic N) is 1. The minimum Gasteiger partial charge on any atom is -0.340 e. The molecule has 4 heteroatoms. The first-order valence-electron chi connectivity index (χ1n) is 7.29. The SMILES string of the molecule is CCC1(C)NC(=O)C(C(C)C)N(C2CC2(C)C)C1=O. The second-order valence-corrected chi connectivity index (χ2v) is 7.28. The minimum absolute atomic E-state index is 0.00153. The first-order valence-corrected chi connectivity index (χ1v) is 7.29. The standard InChI is InChI=1S/C15H26N2O2/c1-7-15(6)13(19)17(10-8-14(10,4)5)11(9(2)3)12(18)16-15/h9-11H,7-8H2,1-6H3,(H,16,18). The van der Waals surface area contributed by atoms with Crippen LogP contribution in [0.5, 0.6) is 0 Å². The predicted molar refractivity (Wildman–Crippen MR) is 74.5 cm³/mol. The summed E-state index contributed by atoms with van der Waals surface area (Å²) in [4.78, 5) is 27.1. The van der Waals surface area contributed by atoms with Gasteiger partial charge in [0.2, 0.25) is 11.8 Å². The third-order valence-corrected chi connectivity index (χ3v) is 4.81. The van der Waals surface area contributed by atoms with Gasteiger partial charge in [0.25, 0.3) is 0 Å². The molecule has 2 fully saturated rings. The lowest BCUT2D eigenvalue weighted by atomic mass is 9.88. The molecule has 0 radical (unpaired) electrons. The van der Waals surface area contributed by atoms with E-state index in [0.717, 1.165) is 6.42 Å². The van der Waals surface area contributed by atoms with E-state index < -0.39 is 5.54 Å². The van der Waals surface area contributed by atoms with Gasteiger partial charge < -0.3 is 10.2 Å². The second-order valence-electron chi connectivity index (χ2n) is 7.28. The van der Waals surface area contributed by atoms with Crippen molar-refractivity contribution in [3.63, 3.8) is 0 Å². The predicted octanol–water partition coefficient (Wildman–Crippen LogP) is 1.94. The Morgan fingerprint density at radius 1 is 1.32 bits per heavy atom. The highest BCUT2D eigenvalue weighted by atomic mass is 16.2. The van der Waals surface area contributed by atoms with Crippen LogP contribution in [-0.4, -0.2) is 34.3 Å². The van der Waals surface area contributed by atoms with Crippen molar-refractivity contribution in [3.05, 3.63) is 0 Å². The molecule has 0 aromatic carbocycles. The van der Waals surface area contributed by atoms with Crippen molar-refractivity contribution in [1.29, 1.82) is 0 Å². The molecule has 0 spiro atoms. The summed E-state index contributed by atoms with van der Waals surface area (Å²) in [6.45, 7) is 12.1. The van der Waals surface area contributed by atoms with Crippen molar-refractivity contribution in [1.82, 2.24) is 10.2 Å². The quantitative estimate of drug-likeness (QED) is 0.848. The summed E-state index contributed by atoms with van der Waals surface area (Å²) in [6, 6.07) is -0.108. The van der Waals surface area contributed by atoms with Crippen molar-refractivity contribution in [2.75, 3.05) is 0 Å². The third kappa shape index (κ3) is 2.15. The molecule has 3 atom stereocenters. The van der Waals surface area contributed by atoms with Gasteiger partial charge in [-0.3, -0.25) is 9.59 Å². The van der Waals surface area contributed by atoms with Crippen molar-refractivity contribution in [2.24, 2.45) is 11.3 Å². The van der Waals surface area contributed by atoms with Gasteiger partial charge in [-0.2, -0.15) is 0 Å². The fourth-order valence-electron chi connectivity index (χ4n) is 3.05. The zero-order valence-corrected chi connectivity index (χ0v) is 12.9. The smallest absolute Gasteiger partial charge is 0.248 e. The van der Waals surface area contributed by atoms with E-state index in [1.807, 2.05) is 32.6 Å². The molecular weight excluding hydrogens is 240 g/mol. The number of piperazine rings is 1. The Labute approximate surface area is 115 Å². The first kappa shape index (κ1) is 14.4. The molecule has 1 N–H and O–H groups in total. The highest BCUT2D eigenvalue weighted by molar-refractivity contribution is 6.00. The summed E-state index contributed by atoms with van der Waals surface area (Å²) in [5.74, 6) is 0.229. The maximum atomic E-state index is 12.8. The Balaban J connectivity index is 2.37. The van der Waals surface area contributed by atoms with Crippen LogP contribution in [0.4, 0.5) is 0 Å². The third-order valence-electron chi connectivity index (χ3n) is 4.81. The monoisotopic (exact) mass is 266 g/mol. The van der Waals surface area contributed by atoms with Crippen LogP contribution in [0.15, 0.2) is 0 Å². The van der Waals surface area contributed by atoms with E-state index in [1.54, 1.807) is 0 Å². The molecule has 19 heavy (non-hydrogen) atoms. The number of amides is 2. The number of carbonyl (C=O) groups excluding carboxylic acids is 2. The van der Waals surface area contributed by atoms with Crippen molar-refractivity contribution >= 4 is 11.8 Å². The van der Waals surface area contributed by atoms with Crippen LogP contribution in [0, 0.1) is 11.3 Å². The van der Waals surface area contributed by atoms with E-state index in [1.165, 1.54) is 0 Å². The molecule has 0 bridgehead atoms. The van der Waals surface area contributed by atoms with E-state index >= 15 is 0 Å². The molecule has 2 aliphatic rings. The molecule has 3 unspecified atom stereocenters. The fourth-order valence-corrected chi connectivity index (χ4v) is 3.05. The normalized spacial score (nSPS) is 37.5.